The van der Waals surface area contributed by atoms with E-state index in [4.69, 9.17) is 0 Å². The topological polar surface area (TPSA) is 17.1 Å². The van der Waals surface area contributed by atoms with E-state index >= 15 is 0 Å². The Hall–Kier alpha value is -0.850. The van der Waals surface area contributed by atoms with Crippen LogP contribution in [0.5, 0.6) is 0 Å². The van der Waals surface area contributed by atoms with Gasteiger partial charge < -0.3 is 0 Å². The van der Waals surface area contributed by atoms with Gasteiger partial charge in [-0.25, -0.2) is 0 Å². The van der Waals surface area contributed by atoms with Crippen molar-refractivity contribution in [3.8, 4) is 0 Å². The molecule has 0 unspecified atom stereocenters. The van der Waals surface area contributed by atoms with Gasteiger partial charge >= 0.3 is 0 Å². The lowest BCUT2D eigenvalue weighted by Crippen LogP contribution is -1.96. The molecule has 74 valence electrons. The van der Waals surface area contributed by atoms with Crippen LogP contribution in [0.2, 0.25) is 0 Å². The third-order valence-electron chi connectivity index (χ3n) is 2.01. The molecule has 0 radical (unpaired) electrons. The van der Waals surface area contributed by atoms with Gasteiger partial charge in [-0.15, -0.1) is 6.58 Å². The highest BCUT2D eigenvalue weighted by atomic mass is 16.1. The van der Waals surface area contributed by atoms with Crippen molar-refractivity contribution in [3.05, 3.63) is 24.3 Å². The summed E-state index contributed by atoms with van der Waals surface area (Å²) in [6.45, 7) is 7.44. The largest absolute Gasteiger partial charge is 0.295 e. The van der Waals surface area contributed by atoms with E-state index in [0.717, 1.165) is 37.7 Å². The maximum atomic E-state index is 11.1. The summed E-state index contributed by atoms with van der Waals surface area (Å²) in [5.41, 5.74) is 0.990. The first-order valence-corrected chi connectivity index (χ1v) is 5.03. The van der Waals surface area contributed by atoms with Crippen molar-refractivity contribution < 1.29 is 4.79 Å². The molecule has 0 spiro atoms. The quantitative estimate of drug-likeness (QED) is 0.332. The molecule has 0 amide bonds. The Bertz CT molecular complexity index is 189. The van der Waals surface area contributed by atoms with E-state index in [1.807, 2.05) is 6.08 Å². The summed E-state index contributed by atoms with van der Waals surface area (Å²) in [4.78, 5) is 11.1. The van der Waals surface area contributed by atoms with Crippen LogP contribution in [0.25, 0.3) is 0 Å². The molecule has 13 heavy (non-hydrogen) atoms. The lowest BCUT2D eigenvalue weighted by molar-refractivity contribution is -0.113. The van der Waals surface area contributed by atoms with E-state index in [1.165, 1.54) is 0 Å². The van der Waals surface area contributed by atoms with Crippen LogP contribution in [0.3, 0.4) is 0 Å². The molecule has 0 saturated heterocycles. The van der Waals surface area contributed by atoms with E-state index in [2.05, 4.69) is 19.6 Å². The smallest absolute Gasteiger partial charge is 0.155 e. The number of hydrogen-bond donors (Lipinski definition) is 0. The molecule has 0 aliphatic carbocycles. The molecule has 0 aromatic rings. The molecule has 0 bridgehead atoms. The van der Waals surface area contributed by atoms with Crippen molar-refractivity contribution in [1.29, 1.82) is 0 Å². The van der Waals surface area contributed by atoms with Gasteiger partial charge in [0.1, 0.15) is 0 Å². The maximum Gasteiger partial charge on any atom is 0.155 e. The summed E-state index contributed by atoms with van der Waals surface area (Å²) in [6.07, 6.45) is 9.04. The predicted octanol–water partition coefficient (Wildman–Crippen LogP) is 3.66. The molecule has 0 aliphatic rings. The second kappa shape index (κ2) is 7.78. The lowest BCUT2D eigenvalue weighted by Gasteiger charge is -2.01. The zero-order valence-corrected chi connectivity index (χ0v) is 8.81. The van der Waals surface area contributed by atoms with Gasteiger partial charge in [0.25, 0.3) is 0 Å². The summed E-state index contributed by atoms with van der Waals surface area (Å²) in [5, 5.41) is 0. The van der Waals surface area contributed by atoms with Crippen LogP contribution in [-0.4, -0.2) is 5.78 Å². The van der Waals surface area contributed by atoms with E-state index in [1.54, 1.807) is 6.92 Å². The number of ketones is 1. The van der Waals surface area contributed by atoms with Crippen molar-refractivity contribution in [2.45, 2.75) is 46.0 Å². The first-order valence-electron chi connectivity index (χ1n) is 5.03. The number of carbonyl (C=O) groups excluding carboxylic acids is 1. The van der Waals surface area contributed by atoms with Crippen LogP contribution in [0.15, 0.2) is 24.3 Å². The normalized spacial score (nSPS) is 11.4. The molecule has 1 heteroatoms. The minimum absolute atomic E-state index is 0.220. The molecule has 0 atom stereocenters. The fourth-order valence-electron chi connectivity index (χ4n) is 1.16. The van der Waals surface area contributed by atoms with Crippen molar-refractivity contribution in [2.75, 3.05) is 0 Å². The second-order valence-electron chi connectivity index (χ2n) is 3.26. The van der Waals surface area contributed by atoms with Crippen LogP contribution in [0, 0.1) is 0 Å². The van der Waals surface area contributed by atoms with Gasteiger partial charge in [0.15, 0.2) is 5.78 Å². The summed E-state index contributed by atoms with van der Waals surface area (Å²) in [6, 6.07) is 0. The third kappa shape index (κ3) is 6.32. The Labute approximate surface area is 81.5 Å². The molecule has 0 rings (SSSR count). The van der Waals surface area contributed by atoms with Crippen LogP contribution in [-0.2, 0) is 4.79 Å². The molecule has 0 aliphatic heterocycles. The molecule has 0 N–H and O–H groups in total. The standard InChI is InChI=1S/C12H20O/c1-4-6-8-10-12(11(3)13)9-7-5-2/h4,10H,1,5-9H2,2-3H3/b12-10+. The number of carbonyl (C=O) groups is 1. The molecule has 1 nitrogen and oxygen atoms in total. The third-order valence-corrected chi connectivity index (χ3v) is 2.01. The average molecular weight is 180 g/mol. The van der Waals surface area contributed by atoms with E-state index in [9.17, 15) is 4.79 Å². The molecule has 0 aromatic heterocycles. The van der Waals surface area contributed by atoms with E-state index in [0.29, 0.717) is 0 Å². The van der Waals surface area contributed by atoms with Crippen molar-refractivity contribution in [3.63, 3.8) is 0 Å². The van der Waals surface area contributed by atoms with Gasteiger partial charge in [-0.3, -0.25) is 4.79 Å². The van der Waals surface area contributed by atoms with Crippen molar-refractivity contribution in [1.82, 2.24) is 0 Å². The Morgan fingerprint density at radius 1 is 1.38 bits per heavy atom. The van der Waals surface area contributed by atoms with Crippen LogP contribution < -0.4 is 0 Å². The van der Waals surface area contributed by atoms with Gasteiger partial charge in [0.2, 0.25) is 0 Å². The van der Waals surface area contributed by atoms with E-state index in [-0.39, 0.29) is 5.78 Å². The Morgan fingerprint density at radius 3 is 2.54 bits per heavy atom. The zero-order chi connectivity index (χ0) is 10.1. The molecule has 0 saturated carbocycles. The highest BCUT2D eigenvalue weighted by Gasteiger charge is 2.01. The average Bonchev–Trinajstić information content (AvgIpc) is 2.10. The minimum atomic E-state index is 0.220. The molecular weight excluding hydrogens is 160 g/mol. The molecule has 0 fully saturated rings. The SMILES string of the molecule is C=CCC/C=C(\CCCC)C(C)=O. The van der Waals surface area contributed by atoms with Gasteiger partial charge in [-0.05, 0) is 38.2 Å². The summed E-state index contributed by atoms with van der Waals surface area (Å²) in [7, 11) is 0. The van der Waals surface area contributed by atoms with Gasteiger partial charge in [0.05, 0.1) is 0 Å². The molecular formula is C12H20O. The first-order chi connectivity index (χ1) is 6.22. The number of allylic oxidation sites excluding steroid dienone is 3. The Balaban J connectivity index is 3.98. The van der Waals surface area contributed by atoms with Crippen LogP contribution in [0.1, 0.15) is 46.0 Å². The van der Waals surface area contributed by atoms with Crippen molar-refractivity contribution in [2.24, 2.45) is 0 Å². The highest BCUT2D eigenvalue weighted by molar-refractivity contribution is 5.93. The predicted molar refractivity (Wildman–Crippen MR) is 57.7 cm³/mol. The van der Waals surface area contributed by atoms with Gasteiger partial charge in [0, 0.05) is 0 Å². The lowest BCUT2D eigenvalue weighted by atomic mass is 10.0. The minimum Gasteiger partial charge on any atom is -0.295 e. The summed E-state index contributed by atoms with van der Waals surface area (Å²) >= 11 is 0. The number of hydrogen-bond acceptors (Lipinski definition) is 1. The Morgan fingerprint density at radius 2 is 2.08 bits per heavy atom. The monoisotopic (exact) mass is 180 g/mol. The van der Waals surface area contributed by atoms with Gasteiger partial charge in [-0.2, -0.15) is 0 Å². The van der Waals surface area contributed by atoms with Crippen LogP contribution in [0.4, 0.5) is 0 Å². The fourth-order valence-corrected chi connectivity index (χ4v) is 1.16. The highest BCUT2D eigenvalue weighted by Crippen LogP contribution is 2.10. The second-order valence-corrected chi connectivity index (χ2v) is 3.26. The first kappa shape index (κ1) is 12.2. The molecule has 0 aromatic carbocycles. The number of Topliss-reactive ketones (excluding diaryl/α,β-unsaturated/α-hetero) is 1. The Kier molecular flexibility index (Phi) is 7.27. The van der Waals surface area contributed by atoms with Crippen molar-refractivity contribution >= 4 is 5.78 Å². The maximum absolute atomic E-state index is 11.1. The summed E-state index contributed by atoms with van der Waals surface area (Å²) < 4.78 is 0. The zero-order valence-electron chi connectivity index (χ0n) is 8.81. The fraction of sp³-hybridized carbons (Fsp3) is 0.583. The summed E-state index contributed by atoms with van der Waals surface area (Å²) in [5.74, 6) is 0.220. The number of unbranched alkanes of at least 4 members (excludes halogenated alkanes) is 2. The van der Waals surface area contributed by atoms with E-state index < -0.39 is 0 Å². The van der Waals surface area contributed by atoms with Crippen LogP contribution >= 0.6 is 0 Å². The number of rotatable bonds is 7. The molecule has 0 heterocycles. The van der Waals surface area contributed by atoms with Gasteiger partial charge in [-0.1, -0.05) is 25.5 Å².